The Balaban J connectivity index is 0.00000176. The summed E-state index contributed by atoms with van der Waals surface area (Å²) in [6.45, 7) is 6.85. The highest BCUT2D eigenvalue weighted by molar-refractivity contribution is 5.85. The Morgan fingerprint density at radius 1 is 0.909 bits per heavy atom. The van der Waals surface area contributed by atoms with Gasteiger partial charge in [0.1, 0.15) is 0 Å². The van der Waals surface area contributed by atoms with Crippen molar-refractivity contribution < 1.29 is 0 Å². The monoisotopic (exact) mass is 315 g/mol. The summed E-state index contributed by atoms with van der Waals surface area (Å²) in [6.07, 6.45) is 2.43. The molecule has 1 aliphatic rings. The highest BCUT2D eigenvalue weighted by Crippen LogP contribution is 2.38. The lowest BCUT2D eigenvalue weighted by Crippen LogP contribution is -2.40. The van der Waals surface area contributed by atoms with E-state index >= 15 is 0 Å². The van der Waals surface area contributed by atoms with Crippen LogP contribution in [-0.4, -0.2) is 24.0 Å². The highest BCUT2D eigenvalue weighted by Gasteiger charge is 2.30. The van der Waals surface area contributed by atoms with Crippen molar-refractivity contribution in [3.63, 3.8) is 0 Å². The molecule has 22 heavy (non-hydrogen) atoms. The number of hydrogen-bond acceptors (Lipinski definition) is 1. The zero-order valence-electron chi connectivity index (χ0n) is 13.5. The largest absolute Gasteiger partial charge is 0.301 e. The molecule has 3 rings (SSSR count). The van der Waals surface area contributed by atoms with E-state index in [1.807, 2.05) is 0 Å². The van der Waals surface area contributed by atoms with Gasteiger partial charge in [-0.15, -0.1) is 12.4 Å². The number of benzene rings is 2. The van der Waals surface area contributed by atoms with Gasteiger partial charge in [0.05, 0.1) is 0 Å². The number of fused-ring (bicyclic) bond motifs is 1. The number of hydrogen-bond donors (Lipinski definition) is 0. The smallest absolute Gasteiger partial charge is 0.0145 e. The Bertz CT molecular complexity index is 577. The molecule has 0 fully saturated rings. The minimum absolute atomic E-state index is 0. The Labute approximate surface area is 140 Å². The molecule has 2 atom stereocenters. The summed E-state index contributed by atoms with van der Waals surface area (Å²) in [4.78, 5) is 2.62. The van der Waals surface area contributed by atoms with Gasteiger partial charge >= 0.3 is 0 Å². The normalized spacial score (nSPS) is 20.3. The van der Waals surface area contributed by atoms with Crippen molar-refractivity contribution in [3.05, 3.63) is 71.3 Å². The van der Waals surface area contributed by atoms with Crippen molar-refractivity contribution in [2.75, 3.05) is 13.1 Å². The molecule has 0 bridgehead atoms. The van der Waals surface area contributed by atoms with Gasteiger partial charge in [0.15, 0.2) is 0 Å². The van der Waals surface area contributed by atoms with E-state index in [0.717, 1.165) is 13.1 Å². The summed E-state index contributed by atoms with van der Waals surface area (Å²) in [7, 11) is 0. The van der Waals surface area contributed by atoms with Gasteiger partial charge in [-0.2, -0.15) is 0 Å². The van der Waals surface area contributed by atoms with Crippen molar-refractivity contribution in [1.29, 1.82) is 0 Å². The third kappa shape index (κ3) is 3.37. The first-order valence-electron chi connectivity index (χ1n) is 8.20. The summed E-state index contributed by atoms with van der Waals surface area (Å²) in [6, 6.07) is 20.7. The SMILES string of the molecule is CCN(CC)C1Cc2ccccc2C(c2ccccc2)C1.Cl. The molecule has 0 saturated heterocycles. The minimum atomic E-state index is 0. The number of nitrogens with zero attached hydrogens (tertiary/aromatic N) is 1. The summed E-state index contributed by atoms with van der Waals surface area (Å²) < 4.78 is 0. The molecular weight excluding hydrogens is 290 g/mol. The molecule has 0 amide bonds. The fourth-order valence-corrected chi connectivity index (χ4v) is 3.82. The molecular formula is C20H26ClN. The summed E-state index contributed by atoms with van der Waals surface area (Å²) in [5, 5.41) is 0. The fraction of sp³-hybridized carbons (Fsp3) is 0.400. The van der Waals surface area contributed by atoms with Gasteiger partial charge in [-0.25, -0.2) is 0 Å². The first-order chi connectivity index (χ1) is 10.3. The van der Waals surface area contributed by atoms with Crippen LogP contribution in [0.15, 0.2) is 54.6 Å². The summed E-state index contributed by atoms with van der Waals surface area (Å²) in [5.74, 6) is 0.543. The van der Waals surface area contributed by atoms with Crippen LogP contribution in [0.3, 0.4) is 0 Å². The van der Waals surface area contributed by atoms with E-state index in [9.17, 15) is 0 Å². The molecule has 0 aliphatic heterocycles. The van der Waals surface area contributed by atoms with Crippen molar-refractivity contribution >= 4 is 12.4 Å². The van der Waals surface area contributed by atoms with Crippen molar-refractivity contribution in [2.45, 2.75) is 38.6 Å². The van der Waals surface area contributed by atoms with Crippen LogP contribution in [-0.2, 0) is 6.42 Å². The van der Waals surface area contributed by atoms with E-state index in [2.05, 4.69) is 73.3 Å². The van der Waals surface area contributed by atoms with Gasteiger partial charge in [0, 0.05) is 12.0 Å². The number of rotatable bonds is 4. The van der Waals surface area contributed by atoms with Crippen molar-refractivity contribution in [3.8, 4) is 0 Å². The van der Waals surface area contributed by atoms with Gasteiger partial charge in [-0.05, 0) is 42.6 Å². The molecule has 0 spiro atoms. The maximum absolute atomic E-state index is 2.62. The zero-order chi connectivity index (χ0) is 14.7. The van der Waals surface area contributed by atoms with Crippen LogP contribution in [0, 0.1) is 0 Å². The van der Waals surface area contributed by atoms with Gasteiger partial charge in [0.2, 0.25) is 0 Å². The highest BCUT2D eigenvalue weighted by atomic mass is 35.5. The van der Waals surface area contributed by atoms with Gasteiger partial charge in [-0.3, -0.25) is 0 Å². The molecule has 0 N–H and O–H groups in total. The Morgan fingerprint density at radius 2 is 1.55 bits per heavy atom. The predicted octanol–water partition coefficient (Wildman–Crippen LogP) is 4.90. The lowest BCUT2D eigenvalue weighted by atomic mass is 9.76. The van der Waals surface area contributed by atoms with E-state index in [1.54, 1.807) is 0 Å². The van der Waals surface area contributed by atoms with Gasteiger partial charge in [-0.1, -0.05) is 68.4 Å². The summed E-state index contributed by atoms with van der Waals surface area (Å²) >= 11 is 0. The lowest BCUT2D eigenvalue weighted by molar-refractivity contribution is 0.192. The third-order valence-corrected chi connectivity index (χ3v) is 4.92. The van der Waals surface area contributed by atoms with Crippen molar-refractivity contribution in [2.24, 2.45) is 0 Å². The molecule has 0 saturated carbocycles. The van der Waals surface area contributed by atoms with Crippen LogP contribution in [0.1, 0.15) is 42.9 Å². The minimum Gasteiger partial charge on any atom is -0.301 e. The quantitative estimate of drug-likeness (QED) is 0.776. The number of halogens is 1. The van der Waals surface area contributed by atoms with Crippen molar-refractivity contribution in [1.82, 2.24) is 4.90 Å². The van der Waals surface area contributed by atoms with Crippen LogP contribution >= 0.6 is 12.4 Å². The maximum Gasteiger partial charge on any atom is 0.0145 e. The van der Waals surface area contributed by atoms with E-state index in [-0.39, 0.29) is 12.4 Å². The third-order valence-electron chi connectivity index (χ3n) is 4.92. The lowest BCUT2D eigenvalue weighted by Gasteiger charge is -2.38. The molecule has 0 radical (unpaired) electrons. The van der Waals surface area contributed by atoms with E-state index in [0.29, 0.717) is 12.0 Å². The first-order valence-corrected chi connectivity index (χ1v) is 8.20. The van der Waals surface area contributed by atoms with Crippen LogP contribution in [0.5, 0.6) is 0 Å². The molecule has 2 aromatic rings. The summed E-state index contributed by atoms with van der Waals surface area (Å²) in [5.41, 5.74) is 4.53. The second kappa shape index (κ2) is 7.80. The first kappa shape index (κ1) is 17.1. The average Bonchev–Trinajstić information content (AvgIpc) is 2.56. The van der Waals surface area contributed by atoms with Crippen LogP contribution in [0.2, 0.25) is 0 Å². The molecule has 0 aromatic heterocycles. The Kier molecular flexibility index (Phi) is 6.05. The average molecular weight is 316 g/mol. The zero-order valence-corrected chi connectivity index (χ0v) is 14.4. The van der Waals surface area contributed by atoms with Crippen LogP contribution in [0.25, 0.3) is 0 Å². The van der Waals surface area contributed by atoms with Gasteiger partial charge < -0.3 is 4.90 Å². The Hall–Kier alpha value is -1.31. The van der Waals surface area contributed by atoms with E-state index < -0.39 is 0 Å². The second-order valence-electron chi connectivity index (χ2n) is 5.98. The van der Waals surface area contributed by atoms with Gasteiger partial charge in [0.25, 0.3) is 0 Å². The van der Waals surface area contributed by atoms with Crippen LogP contribution < -0.4 is 0 Å². The van der Waals surface area contributed by atoms with E-state index in [1.165, 1.54) is 29.5 Å². The fourth-order valence-electron chi connectivity index (χ4n) is 3.82. The topological polar surface area (TPSA) is 3.24 Å². The molecule has 2 unspecified atom stereocenters. The molecule has 2 aromatic carbocycles. The molecule has 1 nitrogen and oxygen atoms in total. The second-order valence-corrected chi connectivity index (χ2v) is 5.98. The van der Waals surface area contributed by atoms with E-state index in [4.69, 9.17) is 0 Å². The maximum atomic E-state index is 2.62. The predicted molar refractivity (Wildman–Crippen MR) is 97.0 cm³/mol. The molecule has 118 valence electrons. The number of likely N-dealkylation sites (N-methyl/N-ethyl adjacent to an activating group) is 1. The molecule has 1 aliphatic carbocycles. The molecule has 0 heterocycles. The molecule has 2 heteroatoms. The Morgan fingerprint density at radius 3 is 2.23 bits per heavy atom. The standard InChI is InChI=1S/C20H25N.ClH/c1-3-21(4-2)18-14-17-12-8-9-13-19(17)20(15-18)16-10-6-5-7-11-16;/h5-13,18,20H,3-4,14-15H2,1-2H3;1H. The van der Waals surface area contributed by atoms with Crippen LogP contribution in [0.4, 0.5) is 0 Å².